The Morgan fingerprint density at radius 1 is 1.14 bits per heavy atom. The Kier molecular flexibility index (Phi) is 6.03. The molecule has 0 spiro atoms. The van der Waals surface area contributed by atoms with Crippen molar-refractivity contribution >= 4 is 5.69 Å². The molecule has 1 aliphatic heterocycles. The summed E-state index contributed by atoms with van der Waals surface area (Å²) in [5.74, 6) is 0. The zero-order valence-corrected chi connectivity index (χ0v) is 13.8. The summed E-state index contributed by atoms with van der Waals surface area (Å²) in [6.45, 7) is 9.85. The van der Waals surface area contributed by atoms with Crippen LogP contribution in [-0.4, -0.2) is 69.7 Å². The normalized spacial score (nSPS) is 16.7. The maximum atomic E-state index is 5.64. The first-order valence-corrected chi connectivity index (χ1v) is 8.02. The van der Waals surface area contributed by atoms with Gasteiger partial charge in [0.05, 0.1) is 0 Å². The van der Waals surface area contributed by atoms with Gasteiger partial charge in [-0.25, -0.2) is 0 Å². The molecule has 1 saturated heterocycles. The van der Waals surface area contributed by atoms with E-state index in [0.717, 1.165) is 45.7 Å². The lowest BCUT2D eigenvalue weighted by atomic mass is 10.1. The fourth-order valence-electron chi connectivity index (χ4n) is 2.95. The summed E-state index contributed by atoms with van der Waals surface area (Å²) >= 11 is 0. The van der Waals surface area contributed by atoms with Crippen molar-refractivity contribution in [3.63, 3.8) is 0 Å². The molecule has 0 bridgehead atoms. The molecule has 0 amide bonds. The van der Waals surface area contributed by atoms with Crippen molar-refractivity contribution in [1.82, 2.24) is 9.80 Å². The van der Waals surface area contributed by atoms with E-state index in [1.807, 2.05) is 0 Å². The highest BCUT2D eigenvalue weighted by molar-refractivity contribution is 5.54. The number of hydrogen-bond donors (Lipinski definition) is 1. The number of nitrogens with two attached hydrogens (primary N) is 1. The van der Waals surface area contributed by atoms with E-state index >= 15 is 0 Å². The van der Waals surface area contributed by atoms with Crippen molar-refractivity contribution in [2.24, 2.45) is 5.73 Å². The van der Waals surface area contributed by atoms with Crippen LogP contribution in [0.3, 0.4) is 0 Å². The SMILES string of the molecule is Cc1cc(CCN)ccc1N1CCN(CCN(C)C)CC1. The Morgan fingerprint density at radius 2 is 1.86 bits per heavy atom. The number of likely N-dealkylation sites (N-methyl/N-ethyl adjacent to an activating group) is 1. The third kappa shape index (κ3) is 4.70. The van der Waals surface area contributed by atoms with E-state index in [9.17, 15) is 0 Å². The molecule has 4 heteroatoms. The van der Waals surface area contributed by atoms with Crippen LogP contribution in [0.2, 0.25) is 0 Å². The van der Waals surface area contributed by atoms with E-state index in [-0.39, 0.29) is 0 Å². The van der Waals surface area contributed by atoms with Gasteiger partial charge in [-0.3, -0.25) is 4.90 Å². The van der Waals surface area contributed by atoms with Gasteiger partial charge in [0.15, 0.2) is 0 Å². The maximum Gasteiger partial charge on any atom is 0.0397 e. The summed E-state index contributed by atoms with van der Waals surface area (Å²) in [5.41, 5.74) is 9.76. The minimum Gasteiger partial charge on any atom is -0.369 e. The van der Waals surface area contributed by atoms with Crippen LogP contribution in [0.25, 0.3) is 0 Å². The van der Waals surface area contributed by atoms with Crippen LogP contribution in [0.5, 0.6) is 0 Å². The van der Waals surface area contributed by atoms with E-state index in [2.05, 4.69) is 53.9 Å². The number of aryl methyl sites for hydroxylation is 1. The first-order valence-electron chi connectivity index (χ1n) is 8.02. The van der Waals surface area contributed by atoms with Crippen molar-refractivity contribution in [1.29, 1.82) is 0 Å². The predicted octanol–water partition coefficient (Wildman–Crippen LogP) is 1.18. The highest BCUT2D eigenvalue weighted by Crippen LogP contribution is 2.22. The van der Waals surface area contributed by atoms with Gasteiger partial charge in [0.1, 0.15) is 0 Å². The molecule has 1 aromatic rings. The molecular formula is C17H30N4. The Balaban J connectivity index is 1.90. The van der Waals surface area contributed by atoms with Crippen molar-refractivity contribution < 1.29 is 0 Å². The summed E-state index contributed by atoms with van der Waals surface area (Å²) in [4.78, 5) is 7.34. The quantitative estimate of drug-likeness (QED) is 0.853. The number of anilines is 1. The van der Waals surface area contributed by atoms with Crippen molar-refractivity contribution in [2.45, 2.75) is 13.3 Å². The summed E-state index contributed by atoms with van der Waals surface area (Å²) < 4.78 is 0. The highest BCUT2D eigenvalue weighted by Gasteiger charge is 2.18. The average molecular weight is 290 g/mol. The maximum absolute atomic E-state index is 5.64. The van der Waals surface area contributed by atoms with Crippen LogP contribution in [-0.2, 0) is 6.42 Å². The molecule has 118 valence electrons. The molecule has 0 unspecified atom stereocenters. The minimum absolute atomic E-state index is 0.726. The van der Waals surface area contributed by atoms with Gasteiger partial charge in [-0.1, -0.05) is 12.1 Å². The van der Waals surface area contributed by atoms with Gasteiger partial charge in [0, 0.05) is 45.0 Å². The van der Waals surface area contributed by atoms with Crippen molar-refractivity contribution in [3.8, 4) is 0 Å². The molecular weight excluding hydrogens is 260 g/mol. The van der Waals surface area contributed by atoms with Gasteiger partial charge in [-0.05, 0) is 51.2 Å². The monoisotopic (exact) mass is 290 g/mol. The average Bonchev–Trinajstić information content (AvgIpc) is 2.46. The number of benzene rings is 1. The molecule has 4 nitrogen and oxygen atoms in total. The van der Waals surface area contributed by atoms with Gasteiger partial charge in [0.25, 0.3) is 0 Å². The van der Waals surface area contributed by atoms with Gasteiger partial charge in [-0.15, -0.1) is 0 Å². The molecule has 0 aromatic heterocycles. The molecule has 1 heterocycles. The van der Waals surface area contributed by atoms with Gasteiger partial charge in [0.2, 0.25) is 0 Å². The summed E-state index contributed by atoms with van der Waals surface area (Å²) in [5, 5.41) is 0. The predicted molar refractivity (Wildman–Crippen MR) is 91.1 cm³/mol. The lowest BCUT2D eigenvalue weighted by Gasteiger charge is -2.37. The standard InChI is InChI=1S/C17H30N4/c1-15-14-16(6-7-18)4-5-17(15)21-12-10-20(11-13-21)9-8-19(2)3/h4-5,14H,6-13,18H2,1-3H3. The molecule has 0 radical (unpaired) electrons. The molecule has 1 fully saturated rings. The van der Waals surface area contributed by atoms with Crippen LogP contribution in [0.1, 0.15) is 11.1 Å². The Hall–Kier alpha value is -1.10. The molecule has 0 aliphatic carbocycles. The van der Waals surface area contributed by atoms with Gasteiger partial charge >= 0.3 is 0 Å². The second-order valence-electron chi connectivity index (χ2n) is 6.29. The van der Waals surface area contributed by atoms with Crippen LogP contribution in [0.4, 0.5) is 5.69 Å². The molecule has 0 saturated carbocycles. The Labute approximate surface area is 129 Å². The van der Waals surface area contributed by atoms with Crippen LogP contribution < -0.4 is 10.6 Å². The topological polar surface area (TPSA) is 35.7 Å². The first-order chi connectivity index (χ1) is 10.1. The molecule has 21 heavy (non-hydrogen) atoms. The number of piperazine rings is 1. The fraction of sp³-hybridized carbons (Fsp3) is 0.647. The van der Waals surface area contributed by atoms with Crippen LogP contribution >= 0.6 is 0 Å². The molecule has 1 aromatic carbocycles. The van der Waals surface area contributed by atoms with Gasteiger partial charge in [-0.2, -0.15) is 0 Å². The fourth-order valence-corrected chi connectivity index (χ4v) is 2.95. The molecule has 0 atom stereocenters. The van der Waals surface area contributed by atoms with Crippen LogP contribution in [0, 0.1) is 6.92 Å². The van der Waals surface area contributed by atoms with E-state index in [1.165, 1.54) is 23.4 Å². The van der Waals surface area contributed by atoms with Crippen molar-refractivity contribution in [3.05, 3.63) is 29.3 Å². The summed E-state index contributed by atoms with van der Waals surface area (Å²) in [6, 6.07) is 6.80. The van der Waals surface area contributed by atoms with E-state index in [0.29, 0.717) is 0 Å². The largest absolute Gasteiger partial charge is 0.369 e. The molecule has 1 aliphatic rings. The highest BCUT2D eigenvalue weighted by atomic mass is 15.3. The second kappa shape index (κ2) is 7.78. The minimum atomic E-state index is 0.726. The zero-order chi connectivity index (χ0) is 15.2. The first kappa shape index (κ1) is 16.3. The third-order valence-electron chi connectivity index (χ3n) is 4.27. The van der Waals surface area contributed by atoms with Crippen LogP contribution in [0.15, 0.2) is 18.2 Å². The lowest BCUT2D eigenvalue weighted by molar-refractivity contribution is 0.229. The molecule has 2 N–H and O–H groups in total. The number of hydrogen-bond acceptors (Lipinski definition) is 4. The smallest absolute Gasteiger partial charge is 0.0397 e. The Bertz CT molecular complexity index is 436. The Morgan fingerprint density at radius 3 is 2.43 bits per heavy atom. The van der Waals surface area contributed by atoms with E-state index < -0.39 is 0 Å². The van der Waals surface area contributed by atoms with E-state index in [1.54, 1.807) is 0 Å². The number of nitrogens with zero attached hydrogens (tertiary/aromatic N) is 3. The zero-order valence-electron chi connectivity index (χ0n) is 13.8. The summed E-state index contributed by atoms with van der Waals surface area (Å²) in [7, 11) is 4.28. The van der Waals surface area contributed by atoms with Crippen molar-refractivity contribution in [2.75, 3.05) is 64.8 Å². The summed E-state index contributed by atoms with van der Waals surface area (Å²) in [6.07, 6.45) is 0.972. The number of rotatable bonds is 6. The second-order valence-corrected chi connectivity index (χ2v) is 6.29. The third-order valence-corrected chi connectivity index (χ3v) is 4.27. The molecule has 2 rings (SSSR count). The van der Waals surface area contributed by atoms with Gasteiger partial charge < -0.3 is 15.5 Å². The van der Waals surface area contributed by atoms with E-state index in [4.69, 9.17) is 5.73 Å². The lowest BCUT2D eigenvalue weighted by Crippen LogP contribution is -2.48.